The molecule has 0 unspecified atom stereocenters. The van der Waals surface area contributed by atoms with Gasteiger partial charge in [-0.3, -0.25) is 0 Å². The smallest absolute Gasteiger partial charge is 0.381 e. The van der Waals surface area contributed by atoms with Crippen LogP contribution in [0.25, 0.3) is 0 Å². The Kier molecular flexibility index (Phi) is 16.6. The lowest BCUT2D eigenvalue weighted by molar-refractivity contribution is -0.150. The lowest BCUT2D eigenvalue weighted by Gasteiger charge is -2.40. The van der Waals surface area contributed by atoms with Crippen molar-refractivity contribution in [1.29, 1.82) is 0 Å². The van der Waals surface area contributed by atoms with E-state index in [1.165, 1.54) is 0 Å². The molecule has 0 saturated carbocycles. The van der Waals surface area contributed by atoms with E-state index in [1.54, 1.807) is 42.7 Å². The summed E-state index contributed by atoms with van der Waals surface area (Å²) in [6.07, 6.45) is 4.00. The molecule has 36 heavy (non-hydrogen) atoms. The fourth-order valence-corrected chi connectivity index (χ4v) is 7.41. The first kappa shape index (κ1) is 34.1. The highest BCUT2D eigenvalue weighted by Gasteiger charge is 2.40. The molecule has 10 nitrogen and oxygen atoms in total. The van der Waals surface area contributed by atoms with Gasteiger partial charge in [0.15, 0.2) is 0 Å². The van der Waals surface area contributed by atoms with Crippen molar-refractivity contribution in [3.8, 4) is 0 Å². The van der Waals surface area contributed by atoms with Gasteiger partial charge in [-0.2, -0.15) is 0 Å². The molecule has 0 atom stereocenters. The van der Waals surface area contributed by atoms with Crippen molar-refractivity contribution in [2.24, 2.45) is 10.8 Å². The average molecular weight is 557 g/mol. The zero-order valence-electron chi connectivity index (χ0n) is 24.0. The van der Waals surface area contributed by atoms with Crippen molar-refractivity contribution in [2.45, 2.75) is 51.6 Å². The minimum Gasteiger partial charge on any atom is -0.381 e. The Morgan fingerprint density at radius 3 is 1.06 bits per heavy atom. The summed E-state index contributed by atoms with van der Waals surface area (Å²) < 4.78 is 54.1. The van der Waals surface area contributed by atoms with Gasteiger partial charge in [-0.15, -0.1) is 0 Å². The monoisotopic (exact) mass is 556 g/mol. The Hall–Kier alpha value is 0.0338. The van der Waals surface area contributed by atoms with E-state index in [0.717, 1.165) is 77.4 Å². The van der Waals surface area contributed by atoms with Gasteiger partial charge in [0.1, 0.15) is 0 Å². The van der Waals surface area contributed by atoms with Crippen LogP contribution >= 0.6 is 0 Å². The first-order valence-electron chi connectivity index (χ1n) is 12.9. The molecule has 0 aromatic carbocycles. The Bertz CT molecular complexity index is 477. The molecule has 0 aliphatic carbocycles. The summed E-state index contributed by atoms with van der Waals surface area (Å²) >= 11 is 0. The topological polar surface area (TPSA) is 92.3 Å². The average Bonchev–Trinajstić information content (AvgIpc) is 2.87. The molecule has 2 heterocycles. The van der Waals surface area contributed by atoms with Crippen molar-refractivity contribution >= 4 is 17.6 Å². The fraction of sp³-hybridized carbons (Fsp3) is 1.00. The summed E-state index contributed by atoms with van der Waals surface area (Å²) in [5, 5.41) is 0. The molecule has 0 aromatic heterocycles. The fourth-order valence-electron chi connectivity index (χ4n) is 4.03. The Morgan fingerprint density at radius 1 is 0.556 bits per heavy atom. The summed E-state index contributed by atoms with van der Waals surface area (Å²) in [6, 6.07) is 1.57. The normalized spacial score (nSPS) is 18.7. The minimum atomic E-state index is -2.42. The molecule has 12 heteroatoms. The van der Waals surface area contributed by atoms with Crippen LogP contribution in [-0.4, -0.2) is 113 Å². The Morgan fingerprint density at radius 2 is 0.861 bits per heavy atom. The maximum absolute atomic E-state index is 5.74. The predicted molar refractivity (Wildman–Crippen MR) is 141 cm³/mol. The van der Waals surface area contributed by atoms with E-state index in [-0.39, 0.29) is 10.8 Å². The van der Waals surface area contributed by atoms with E-state index in [9.17, 15) is 0 Å². The van der Waals surface area contributed by atoms with Crippen molar-refractivity contribution in [1.82, 2.24) is 0 Å². The first-order chi connectivity index (χ1) is 17.3. The first-order valence-corrected chi connectivity index (χ1v) is 16.8. The lowest BCUT2D eigenvalue weighted by atomic mass is 9.84. The third-order valence-electron chi connectivity index (χ3n) is 7.36. The van der Waals surface area contributed by atoms with E-state index in [4.69, 9.17) is 45.5 Å². The molecule has 0 radical (unpaired) electrons. The van der Waals surface area contributed by atoms with Gasteiger partial charge in [-0.05, 0) is 25.7 Å². The number of hydrogen-bond acceptors (Lipinski definition) is 10. The third-order valence-corrected chi connectivity index (χ3v) is 13.0. The highest BCUT2D eigenvalue weighted by molar-refractivity contribution is 6.60. The predicted octanol–water partition coefficient (Wildman–Crippen LogP) is 3.40. The summed E-state index contributed by atoms with van der Waals surface area (Å²) in [7, 11) is 4.98. The van der Waals surface area contributed by atoms with Crippen LogP contribution in [0.2, 0.25) is 12.1 Å². The van der Waals surface area contributed by atoms with E-state index in [2.05, 4.69) is 13.8 Å². The van der Waals surface area contributed by atoms with E-state index in [0.29, 0.717) is 13.2 Å². The van der Waals surface area contributed by atoms with Crippen LogP contribution in [0.3, 0.4) is 0 Å². The van der Waals surface area contributed by atoms with Crippen LogP contribution in [0.1, 0.15) is 39.5 Å². The van der Waals surface area contributed by atoms with Crippen LogP contribution in [0, 0.1) is 10.8 Å². The molecule has 0 amide bonds. The molecule has 0 N–H and O–H groups in total. The Balaban J connectivity index is 0.000000360. The highest BCUT2D eigenvalue weighted by atomic mass is 28.4. The molecule has 2 saturated heterocycles. The van der Waals surface area contributed by atoms with Gasteiger partial charge in [-0.1, -0.05) is 13.8 Å². The Labute approximate surface area is 221 Å². The molecule has 2 aliphatic heterocycles. The SMILES string of the molecule is CCC1(COCCC[Si](OC)(OC)OC)COC1.CCC1(COCCC[Si](OC)(OC)OC)COC1. The zero-order chi connectivity index (χ0) is 27.0. The van der Waals surface area contributed by atoms with Crippen LogP contribution < -0.4 is 0 Å². The maximum Gasteiger partial charge on any atom is 0.500 e. The third kappa shape index (κ3) is 10.3. The molecule has 0 bridgehead atoms. The largest absolute Gasteiger partial charge is 0.500 e. The van der Waals surface area contributed by atoms with Crippen molar-refractivity contribution in [2.75, 3.05) is 95.5 Å². The summed E-state index contributed by atoms with van der Waals surface area (Å²) in [5.41, 5.74) is 0.524. The lowest BCUT2D eigenvalue weighted by Crippen LogP contribution is -2.46. The number of rotatable bonds is 20. The van der Waals surface area contributed by atoms with Gasteiger partial charge in [0, 0.05) is 78.8 Å². The molecule has 0 spiro atoms. The van der Waals surface area contributed by atoms with Gasteiger partial charge in [0.25, 0.3) is 0 Å². The second-order valence-electron chi connectivity index (χ2n) is 9.60. The van der Waals surface area contributed by atoms with E-state index < -0.39 is 17.6 Å². The van der Waals surface area contributed by atoms with Crippen molar-refractivity contribution in [3.05, 3.63) is 0 Å². The molecule has 216 valence electrons. The summed E-state index contributed by atoms with van der Waals surface area (Å²) in [5.74, 6) is 0. The van der Waals surface area contributed by atoms with Gasteiger partial charge >= 0.3 is 17.6 Å². The van der Waals surface area contributed by atoms with E-state index in [1.807, 2.05) is 0 Å². The van der Waals surface area contributed by atoms with Crippen LogP contribution in [0.5, 0.6) is 0 Å². The summed E-state index contributed by atoms with van der Waals surface area (Å²) in [6.45, 7) is 10.7. The molecule has 0 aromatic rings. The molecular weight excluding hydrogens is 504 g/mol. The van der Waals surface area contributed by atoms with Crippen molar-refractivity contribution < 1.29 is 45.5 Å². The van der Waals surface area contributed by atoms with E-state index >= 15 is 0 Å². The second kappa shape index (κ2) is 17.6. The minimum absolute atomic E-state index is 0.262. The standard InChI is InChI=1S/2C12H26O5Si/c2*1-5-12(10-17-11-12)9-16-7-6-8-18(13-2,14-3)15-4/h2*5-11H2,1-4H3. The van der Waals surface area contributed by atoms with Gasteiger partial charge in [0.05, 0.1) is 39.6 Å². The summed E-state index contributed by atoms with van der Waals surface area (Å²) in [4.78, 5) is 0. The van der Waals surface area contributed by atoms with Crippen LogP contribution in [0.15, 0.2) is 0 Å². The molecule has 2 aliphatic rings. The molecular formula is C24H52O10Si2. The molecule has 2 fully saturated rings. The van der Waals surface area contributed by atoms with Gasteiger partial charge in [-0.25, -0.2) is 0 Å². The zero-order valence-corrected chi connectivity index (χ0v) is 26.0. The second-order valence-corrected chi connectivity index (χ2v) is 15.8. The van der Waals surface area contributed by atoms with Gasteiger partial charge in [0.2, 0.25) is 0 Å². The number of ether oxygens (including phenoxy) is 4. The van der Waals surface area contributed by atoms with Crippen molar-refractivity contribution in [3.63, 3.8) is 0 Å². The van der Waals surface area contributed by atoms with Crippen LogP contribution in [0.4, 0.5) is 0 Å². The number of hydrogen-bond donors (Lipinski definition) is 0. The maximum atomic E-state index is 5.74. The molecule has 2 rings (SSSR count). The van der Waals surface area contributed by atoms with Crippen LogP contribution in [-0.2, 0) is 45.5 Å². The quantitative estimate of drug-likeness (QED) is 0.164. The highest BCUT2D eigenvalue weighted by Crippen LogP contribution is 2.32. The van der Waals surface area contributed by atoms with Gasteiger partial charge < -0.3 is 45.5 Å².